The Kier molecular flexibility index (Phi) is 7.00. The average Bonchev–Trinajstić information content (AvgIpc) is 2.96. The number of anilines is 1. The number of para-hydroxylation sites is 1. The van der Waals surface area contributed by atoms with E-state index in [0.717, 1.165) is 5.56 Å². The minimum atomic E-state index is -0.582. The van der Waals surface area contributed by atoms with Crippen molar-refractivity contribution in [2.24, 2.45) is 0 Å². The van der Waals surface area contributed by atoms with Crippen LogP contribution >= 0.6 is 24.0 Å². The number of nitrogens with zero attached hydrogens (tertiary/aromatic N) is 1. The van der Waals surface area contributed by atoms with E-state index in [0.29, 0.717) is 16.6 Å². The molecular formula is C21H20N2O4S2. The predicted molar refractivity (Wildman–Crippen MR) is 117 cm³/mol. The molecule has 3 rings (SSSR count). The van der Waals surface area contributed by atoms with E-state index in [1.54, 1.807) is 31.2 Å². The Morgan fingerprint density at radius 3 is 2.55 bits per heavy atom. The van der Waals surface area contributed by atoms with Crippen molar-refractivity contribution in [2.75, 3.05) is 11.9 Å². The van der Waals surface area contributed by atoms with E-state index in [1.165, 1.54) is 16.7 Å². The maximum absolute atomic E-state index is 12.7. The Bertz CT molecular complexity index is 933. The molecule has 2 aromatic carbocycles. The fourth-order valence-corrected chi connectivity index (χ4v) is 4.38. The van der Waals surface area contributed by atoms with Crippen LogP contribution in [-0.4, -0.2) is 38.9 Å². The van der Waals surface area contributed by atoms with E-state index in [4.69, 9.17) is 17.0 Å². The van der Waals surface area contributed by atoms with Gasteiger partial charge in [-0.3, -0.25) is 14.5 Å². The van der Waals surface area contributed by atoms with Crippen LogP contribution in [0.4, 0.5) is 5.69 Å². The van der Waals surface area contributed by atoms with E-state index >= 15 is 0 Å². The van der Waals surface area contributed by atoms with Crippen molar-refractivity contribution in [3.8, 4) is 0 Å². The summed E-state index contributed by atoms with van der Waals surface area (Å²) in [7, 11) is 0. The van der Waals surface area contributed by atoms with Gasteiger partial charge in [-0.1, -0.05) is 66.4 Å². The van der Waals surface area contributed by atoms with Crippen molar-refractivity contribution >= 4 is 51.8 Å². The molecule has 1 atom stereocenters. The molecule has 1 N–H and O–H groups in total. The zero-order valence-corrected chi connectivity index (χ0v) is 17.4. The van der Waals surface area contributed by atoms with Crippen molar-refractivity contribution in [1.82, 2.24) is 4.90 Å². The molecule has 2 amide bonds. The number of thioether (sulfide) groups is 1. The van der Waals surface area contributed by atoms with Crippen LogP contribution in [0, 0.1) is 0 Å². The van der Waals surface area contributed by atoms with Gasteiger partial charge in [-0.15, -0.1) is 0 Å². The van der Waals surface area contributed by atoms with Crippen LogP contribution < -0.4 is 5.32 Å². The number of amides is 2. The number of ether oxygens (including phenoxy) is 1. The van der Waals surface area contributed by atoms with Crippen LogP contribution in [0.2, 0.25) is 0 Å². The number of carbonyl (C=O) groups is 3. The number of hydrogen-bond donors (Lipinski definition) is 1. The molecule has 0 saturated carbocycles. The molecule has 1 aliphatic heterocycles. The minimum Gasteiger partial charge on any atom is -0.462 e. The summed E-state index contributed by atoms with van der Waals surface area (Å²) >= 11 is 6.55. The SMILES string of the molecule is CCOC(=O)c1ccccc1NC(=O)CC1SC(=S)N(Cc2ccccc2)C1=O. The van der Waals surface area contributed by atoms with Gasteiger partial charge in [-0.2, -0.15) is 0 Å². The maximum Gasteiger partial charge on any atom is 0.340 e. The summed E-state index contributed by atoms with van der Waals surface area (Å²) in [6.07, 6.45) is -0.0356. The van der Waals surface area contributed by atoms with E-state index in [-0.39, 0.29) is 30.4 Å². The lowest BCUT2D eigenvalue weighted by molar-refractivity contribution is -0.128. The summed E-state index contributed by atoms with van der Waals surface area (Å²) in [5.74, 6) is -1.06. The molecule has 0 bridgehead atoms. The summed E-state index contributed by atoms with van der Waals surface area (Å²) in [5.41, 5.74) is 1.60. The second-order valence-electron chi connectivity index (χ2n) is 6.30. The van der Waals surface area contributed by atoms with Gasteiger partial charge in [0.1, 0.15) is 4.32 Å². The molecule has 6 nitrogen and oxygen atoms in total. The molecule has 0 spiro atoms. The number of nitrogens with one attached hydrogen (secondary N) is 1. The van der Waals surface area contributed by atoms with Gasteiger partial charge < -0.3 is 10.1 Å². The quantitative estimate of drug-likeness (QED) is 0.536. The van der Waals surface area contributed by atoms with Crippen LogP contribution in [0.15, 0.2) is 54.6 Å². The van der Waals surface area contributed by atoms with Crippen LogP contribution in [0.25, 0.3) is 0 Å². The zero-order chi connectivity index (χ0) is 20.8. The summed E-state index contributed by atoms with van der Waals surface area (Å²) in [5, 5.41) is 2.13. The summed E-state index contributed by atoms with van der Waals surface area (Å²) in [6, 6.07) is 16.2. The third kappa shape index (κ3) is 5.21. The topological polar surface area (TPSA) is 75.7 Å². The number of hydrogen-bond acceptors (Lipinski definition) is 6. The molecule has 1 saturated heterocycles. The molecule has 0 aliphatic carbocycles. The Morgan fingerprint density at radius 1 is 1.14 bits per heavy atom. The van der Waals surface area contributed by atoms with E-state index in [9.17, 15) is 14.4 Å². The van der Waals surface area contributed by atoms with Crippen molar-refractivity contribution in [1.29, 1.82) is 0 Å². The average molecular weight is 429 g/mol. The fraction of sp³-hybridized carbons (Fsp3) is 0.238. The highest BCUT2D eigenvalue weighted by molar-refractivity contribution is 8.24. The van der Waals surface area contributed by atoms with Crippen molar-refractivity contribution in [2.45, 2.75) is 25.1 Å². The Hall–Kier alpha value is -2.71. The van der Waals surface area contributed by atoms with Gasteiger partial charge in [-0.25, -0.2) is 4.79 Å². The molecule has 150 valence electrons. The first-order valence-corrected chi connectivity index (χ1v) is 10.4. The number of esters is 1. The number of rotatable bonds is 7. The largest absolute Gasteiger partial charge is 0.462 e. The standard InChI is InChI=1S/C21H20N2O4S2/c1-2-27-20(26)15-10-6-7-11-16(15)22-18(24)12-17-19(25)23(21(28)29-17)13-14-8-4-3-5-9-14/h3-11,17H,2,12-13H2,1H3,(H,22,24). The fourth-order valence-electron chi connectivity index (χ4n) is 2.89. The first-order valence-electron chi connectivity index (χ1n) is 9.11. The third-order valence-electron chi connectivity index (χ3n) is 4.26. The van der Waals surface area contributed by atoms with Gasteiger partial charge in [0.15, 0.2) is 0 Å². The molecule has 1 heterocycles. The lowest BCUT2D eigenvalue weighted by atomic mass is 10.1. The van der Waals surface area contributed by atoms with Gasteiger partial charge in [0.25, 0.3) is 0 Å². The van der Waals surface area contributed by atoms with Crippen molar-refractivity contribution < 1.29 is 19.1 Å². The summed E-state index contributed by atoms with van der Waals surface area (Å²) in [6.45, 7) is 2.34. The molecule has 1 unspecified atom stereocenters. The maximum atomic E-state index is 12.7. The van der Waals surface area contributed by atoms with Gasteiger partial charge in [0.2, 0.25) is 11.8 Å². The molecule has 8 heteroatoms. The minimum absolute atomic E-state index is 0.0356. The van der Waals surface area contributed by atoms with Crippen molar-refractivity contribution in [3.63, 3.8) is 0 Å². The van der Waals surface area contributed by atoms with Gasteiger partial charge in [-0.05, 0) is 24.6 Å². The Labute approximate surface area is 178 Å². The monoisotopic (exact) mass is 428 g/mol. The highest BCUT2D eigenvalue weighted by atomic mass is 32.2. The zero-order valence-electron chi connectivity index (χ0n) is 15.8. The van der Waals surface area contributed by atoms with Crippen LogP contribution in [0.1, 0.15) is 29.3 Å². The molecular weight excluding hydrogens is 408 g/mol. The molecule has 0 radical (unpaired) electrons. The second kappa shape index (κ2) is 9.67. The lowest BCUT2D eigenvalue weighted by Crippen LogP contribution is -2.32. The van der Waals surface area contributed by atoms with Gasteiger partial charge >= 0.3 is 5.97 Å². The van der Waals surface area contributed by atoms with Crippen LogP contribution in [-0.2, 0) is 20.9 Å². The second-order valence-corrected chi connectivity index (χ2v) is 8.14. The van der Waals surface area contributed by atoms with Gasteiger partial charge in [0, 0.05) is 6.42 Å². The highest BCUT2D eigenvalue weighted by Gasteiger charge is 2.38. The van der Waals surface area contributed by atoms with E-state index < -0.39 is 11.2 Å². The van der Waals surface area contributed by atoms with E-state index in [2.05, 4.69) is 5.32 Å². The normalized spacial score (nSPS) is 16.0. The van der Waals surface area contributed by atoms with Crippen molar-refractivity contribution in [3.05, 3.63) is 65.7 Å². The first-order chi connectivity index (χ1) is 14.0. The molecule has 2 aromatic rings. The Morgan fingerprint density at radius 2 is 1.83 bits per heavy atom. The molecule has 1 fully saturated rings. The third-order valence-corrected chi connectivity index (χ3v) is 5.84. The Balaban J connectivity index is 1.64. The smallest absolute Gasteiger partial charge is 0.340 e. The van der Waals surface area contributed by atoms with Crippen LogP contribution in [0.3, 0.4) is 0 Å². The number of thiocarbonyl (C=S) groups is 1. The van der Waals surface area contributed by atoms with Crippen LogP contribution in [0.5, 0.6) is 0 Å². The number of carbonyl (C=O) groups excluding carboxylic acids is 3. The lowest BCUT2D eigenvalue weighted by Gasteiger charge is -2.15. The molecule has 1 aliphatic rings. The molecule has 29 heavy (non-hydrogen) atoms. The van der Waals surface area contributed by atoms with E-state index in [1.807, 2.05) is 30.3 Å². The van der Waals surface area contributed by atoms with Gasteiger partial charge in [0.05, 0.1) is 29.7 Å². The highest BCUT2D eigenvalue weighted by Crippen LogP contribution is 2.31. The number of benzene rings is 2. The molecule has 0 aromatic heterocycles. The summed E-state index contributed by atoms with van der Waals surface area (Å²) < 4.78 is 5.47. The predicted octanol–water partition coefficient (Wildman–Crippen LogP) is 3.62. The summed E-state index contributed by atoms with van der Waals surface area (Å²) in [4.78, 5) is 38.8. The first kappa shape index (κ1) is 21.0.